The fourth-order valence-electron chi connectivity index (χ4n) is 6.14. The number of hydrogen-bond donors (Lipinski definition) is 4. The van der Waals surface area contributed by atoms with Crippen molar-refractivity contribution in [3.05, 3.63) is 82.4 Å². The summed E-state index contributed by atoms with van der Waals surface area (Å²) in [7, 11) is 0. The van der Waals surface area contributed by atoms with Crippen molar-refractivity contribution in [1.82, 2.24) is 19.9 Å². The second kappa shape index (κ2) is 9.06. The third-order valence-electron chi connectivity index (χ3n) is 8.21. The lowest BCUT2D eigenvalue weighted by Crippen LogP contribution is -2.53. The number of halogens is 1. The molecule has 3 aromatic carbocycles. The van der Waals surface area contributed by atoms with Crippen LogP contribution in [0.5, 0.6) is 0 Å². The van der Waals surface area contributed by atoms with Crippen LogP contribution in [0, 0.1) is 11.7 Å². The molecule has 39 heavy (non-hydrogen) atoms. The van der Waals surface area contributed by atoms with Gasteiger partial charge in [0.1, 0.15) is 17.2 Å². The average molecular weight is 523 g/mol. The number of aromatic nitrogens is 3. The van der Waals surface area contributed by atoms with E-state index in [0.29, 0.717) is 45.0 Å². The number of aromatic amines is 2. The largest absolute Gasteiger partial charge is 0.379 e. The van der Waals surface area contributed by atoms with Crippen molar-refractivity contribution in [1.29, 1.82) is 0 Å². The third-order valence-corrected chi connectivity index (χ3v) is 8.21. The van der Waals surface area contributed by atoms with Crippen LogP contribution >= 0.6 is 0 Å². The summed E-state index contributed by atoms with van der Waals surface area (Å²) in [5.74, 6) is -0.173. The van der Waals surface area contributed by atoms with E-state index in [1.165, 1.54) is 0 Å². The number of fused-ring (bicyclic) bond motifs is 5. The van der Waals surface area contributed by atoms with Gasteiger partial charge in [-0.05, 0) is 73.8 Å². The average Bonchev–Trinajstić information content (AvgIpc) is 3.37. The second-order valence-electron chi connectivity index (χ2n) is 10.5. The highest BCUT2D eigenvalue weighted by molar-refractivity contribution is 6.02. The monoisotopic (exact) mass is 522 g/mol. The molecular weight excluding hydrogens is 495 g/mol. The van der Waals surface area contributed by atoms with Gasteiger partial charge in [-0.1, -0.05) is 24.3 Å². The quantitative estimate of drug-likeness (QED) is 0.271. The summed E-state index contributed by atoms with van der Waals surface area (Å²) in [5.41, 5.74) is 9.01. The summed E-state index contributed by atoms with van der Waals surface area (Å²) in [6.45, 7) is 2.97. The van der Waals surface area contributed by atoms with Crippen molar-refractivity contribution >= 4 is 33.5 Å². The van der Waals surface area contributed by atoms with Crippen molar-refractivity contribution in [2.24, 2.45) is 11.7 Å². The van der Waals surface area contributed by atoms with E-state index >= 15 is 4.39 Å². The smallest absolute Gasteiger partial charge is 0.261 e. The zero-order valence-electron chi connectivity index (χ0n) is 21.1. The van der Waals surface area contributed by atoms with E-state index in [-0.39, 0.29) is 17.2 Å². The first-order valence-corrected chi connectivity index (χ1v) is 13.2. The lowest BCUT2D eigenvalue weighted by atomic mass is 9.83. The van der Waals surface area contributed by atoms with Crippen LogP contribution in [0.2, 0.25) is 0 Å². The molecule has 8 nitrogen and oxygen atoms in total. The Balaban J connectivity index is 1.45. The van der Waals surface area contributed by atoms with Gasteiger partial charge >= 0.3 is 0 Å². The minimum absolute atomic E-state index is 0.0820. The highest BCUT2D eigenvalue weighted by atomic mass is 19.1. The number of amides is 1. The summed E-state index contributed by atoms with van der Waals surface area (Å²) < 4.78 is 16.6. The highest BCUT2D eigenvalue weighted by Gasteiger charge is 2.35. The van der Waals surface area contributed by atoms with Crippen molar-refractivity contribution in [3.8, 4) is 22.5 Å². The maximum Gasteiger partial charge on any atom is 0.261 e. The molecule has 0 saturated carbocycles. The Morgan fingerprint density at radius 1 is 1.00 bits per heavy atom. The van der Waals surface area contributed by atoms with Gasteiger partial charge < -0.3 is 25.9 Å². The SMILES string of the molecule is NC(=O)c1ccc(-c2ccc3[nH]c(=O)c(-c4nc5ccccc5[nH]4)c(N[C@H]4CN5CCC4CC5)c3c2F)cc1. The summed E-state index contributed by atoms with van der Waals surface area (Å²) in [5, 5.41) is 3.93. The van der Waals surface area contributed by atoms with Crippen LogP contribution in [0.15, 0.2) is 65.5 Å². The van der Waals surface area contributed by atoms with E-state index in [1.807, 2.05) is 24.3 Å². The minimum Gasteiger partial charge on any atom is -0.379 e. The standard InChI is InChI=1S/C30H27FN6O2/c31-26-19(16-5-7-18(8-6-16)28(32)38)9-10-22-24(26)27(33-23-15-37-13-11-17(23)12-14-37)25(30(39)36-22)29-34-20-3-1-2-4-21(20)35-29/h1-10,17,23H,11-15H2,(H2,32,38)(H,34,35)(H2,33,36,39)/t23-/m0/s1. The Hall–Kier alpha value is -4.50. The van der Waals surface area contributed by atoms with Crippen LogP contribution in [-0.2, 0) is 0 Å². The molecule has 3 saturated heterocycles. The number of anilines is 1. The number of benzene rings is 3. The second-order valence-corrected chi connectivity index (χ2v) is 10.5. The van der Waals surface area contributed by atoms with Gasteiger partial charge in [0.25, 0.3) is 5.56 Å². The van der Waals surface area contributed by atoms with E-state index in [1.54, 1.807) is 36.4 Å². The number of para-hydroxylation sites is 2. The lowest BCUT2D eigenvalue weighted by Gasteiger charge is -2.45. The molecule has 3 aliphatic rings. The van der Waals surface area contributed by atoms with Gasteiger partial charge in [-0.2, -0.15) is 0 Å². The Bertz CT molecular complexity index is 1770. The van der Waals surface area contributed by atoms with E-state index in [2.05, 4.69) is 20.2 Å². The Labute approximate surface area is 223 Å². The molecule has 196 valence electrons. The van der Waals surface area contributed by atoms with Crippen molar-refractivity contribution in [2.45, 2.75) is 18.9 Å². The highest BCUT2D eigenvalue weighted by Crippen LogP contribution is 2.39. The van der Waals surface area contributed by atoms with Gasteiger partial charge in [0, 0.05) is 23.7 Å². The van der Waals surface area contributed by atoms with Crippen molar-refractivity contribution in [3.63, 3.8) is 0 Å². The number of nitrogens with two attached hydrogens (primary N) is 1. The number of piperidine rings is 3. The number of carbonyl (C=O) groups excluding carboxylic acids is 1. The number of nitrogens with one attached hydrogen (secondary N) is 3. The molecule has 0 unspecified atom stereocenters. The van der Waals surface area contributed by atoms with Crippen LogP contribution in [-0.4, -0.2) is 51.4 Å². The van der Waals surface area contributed by atoms with E-state index in [4.69, 9.17) is 10.7 Å². The molecule has 5 heterocycles. The van der Waals surface area contributed by atoms with Crippen LogP contribution < -0.4 is 16.6 Å². The molecule has 0 aliphatic carbocycles. The van der Waals surface area contributed by atoms with Gasteiger partial charge in [0.2, 0.25) is 5.91 Å². The van der Waals surface area contributed by atoms with Crippen molar-refractivity contribution in [2.75, 3.05) is 25.0 Å². The molecule has 2 bridgehead atoms. The first-order chi connectivity index (χ1) is 19.0. The predicted octanol–water partition coefficient (Wildman–Crippen LogP) is 4.48. The predicted molar refractivity (Wildman–Crippen MR) is 150 cm³/mol. The van der Waals surface area contributed by atoms with Crippen LogP contribution in [0.4, 0.5) is 10.1 Å². The summed E-state index contributed by atoms with van der Waals surface area (Å²) >= 11 is 0. The minimum atomic E-state index is -0.544. The maximum absolute atomic E-state index is 16.6. The molecule has 0 spiro atoms. The number of H-pyrrole nitrogens is 2. The van der Waals surface area contributed by atoms with Crippen LogP contribution in [0.1, 0.15) is 23.2 Å². The topological polar surface area (TPSA) is 120 Å². The molecule has 3 fully saturated rings. The molecule has 1 atom stereocenters. The number of nitrogens with zero attached hydrogens (tertiary/aromatic N) is 2. The summed E-state index contributed by atoms with van der Waals surface area (Å²) in [6.07, 6.45) is 2.14. The van der Waals surface area contributed by atoms with E-state index < -0.39 is 11.7 Å². The number of hydrogen-bond acceptors (Lipinski definition) is 5. The first kappa shape index (κ1) is 23.6. The van der Waals surface area contributed by atoms with Crippen LogP contribution in [0.3, 0.4) is 0 Å². The molecule has 0 radical (unpaired) electrons. The summed E-state index contributed by atoms with van der Waals surface area (Å²) in [4.78, 5) is 38.4. The fraction of sp³-hybridized carbons (Fsp3) is 0.233. The van der Waals surface area contributed by atoms with Gasteiger partial charge in [-0.25, -0.2) is 9.37 Å². The lowest BCUT2D eigenvalue weighted by molar-refractivity contribution is 0.0976. The molecule has 5 N–H and O–H groups in total. The van der Waals surface area contributed by atoms with Gasteiger partial charge in [-0.15, -0.1) is 0 Å². The fourth-order valence-corrected chi connectivity index (χ4v) is 6.14. The van der Waals surface area contributed by atoms with E-state index in [0.717, 1.165) is 43.5 Å². The number of rotatable bonds is 5. The van der Waals surface area contributed by atoms with Crippen LogP contribution in [0.25, 0.3) is 44.5 Å². The molecular formula is C30H27FN6O2. The Morgan fingerprint density at radius 3 is 2.46 bits per heavy atom. The molecule has 8 rings (SSSR count). The molecule has 3 aliphatic heterocycles. The molecule has 5 aromatic rings. The number of imidazole rings is 1. The van der Waals surface area contributed by atoms with Gasteiger partial charge in [-0.3, -0.25) is 9.59 Å². The normalized spacial score (nSPS) is 20.5. The molecule has 9 heteroatoms. The summed E-state index contributed by atoms with van der Waals surface area (Å²) in [6, 6.07) is 17.5. The zero-order chi connectivity index (χ0) is 26.7. The number of primary amides is 1. The van der Waals surface area contributed by atoms with E-state index in [9.17, 15) is 9.59 Å². The van der Waals surface area contributed by atoms with Gasteiger partial charge in [0.15, 0.2) is 0 Å². The molecule has 1 amide bonds. The maximum atomic E-state index is 16.6. The number of carbonyl (C=O) groups is 1. The van der Waals surface area contributed by atoms with Gasteiger partial charge in [0.05, 0.1) is 27.6 Å². The first-order valence-electron chi connectivity index (χ1n) is 13.2. The Kier molecular flexibility index (Phi) is 5.48. The molecule has 2 aromatic heterocycles. The third kappa shape index (κ3) is 3.97. The van der Waals surface area contributed by atoms with Crippen molar-refractivity contribution < 1.29 is 9.18 Å². The zero-order valence-corrected chi connectivity index (χ0v) is 21.1. The number of pyridine rings is 1. The Morgan fingerprint density at radius 2 is 1.77 bits per heavy atom.